The lowest BCUT2D eigenvalue weighted by molar-refractivity contribution is -0.123. The number of rotatable bonds is 8. The maximum Gasteiger partial charge on any atom is 0.277 e. The molecule has 0 aliphatic carbocycles. The van der Waals surface area contributed by atoms with Gasteiger partial charge >= 0.3 is 0 Å². The Morgan fingerprint density at radius 3 is 2.38 bits per heavy atom. The van der Waals surface area contributed by atoms with Crippen molar-refractivity contribution in [2.45, 2.75) is 6.92 Å². The van der Waals surface area contributed by atoms with Gasteiger partial charge in [-0.1, -0.05) is 12.1 Å². The summed E-state index contributed by atoms with van der Waals surface area (Å²) in [6.07, 6.45) is 1.46. The van der Waals surface area contributed by atoms with Gasteiger partial charge in [0.05, 0.1) is 27.5 Å². The van der Waals surface area contributed by atoms with Gasteiger partial charge in [-0.05, 0) is 30.7 Å². The molecule has 0 aromatic heterocycles. The van der Waals surface area contributed by atoms with E-state index in [1.54, 1.807) is 25.3 Å². The highest BCUT2D eigenvalue weighted by atomic mass is 16.5. The van der Waals surface area contributed by atoms with E-state index in [9.17, 15) is 4.79 Å². The standard InChI is InChI=1S/C19H22N2O5/c1-13-6-5-7-15(8-13)26-12-19(22)21-20-11-14-9-17(24-3)18(25-4)10-16(14)23-2/h5-11H,12H2,1-4H3,(H,21,22). The fourth-order valence-corrected chi connectivity index (χ4v) is 2.21. The maximum absolute atomic E-state index is 11.8. The van der Waals surface area contributed by atoms with E-state index in [2.05, 4.69) is 10.5 Å². The van der Waals surface area contributed by atoms with Crippen LogP contribution in [0.15, 0.2) is 41.5 Å². The summed E-state index contributed by atoms with van der Waals surface area (Å²) >= 11 is 0. The highest BCUT2D eigenvalue weighted by Gasteiger charge is 2.10. The Labute approximate surface area is 152 Å². The quantitative estimate of drug-likeness (QED) is 0.580. The molecule has 1 N–H and O–H groups in total. The van der Waals surface area contributed by atoms with Crippen LogP contribution >= 0.6 is 0 Å². The Morgan fingerprint density at radius 2 is 1.73 bits per heavy atom. The molecule has 0 aliphatic heterocycles. The number of nitrogens with zero attached hydrogens (tertiary/aromatic N) is 1. The van der Waals surface area contributed by atoms with Gasteiger partial charge in [-0.2, -0.15) is 5.10 Å². The van der Waals surface area contributed by atoms with E-state index in [0.717, 1.165) is 5.56 Å². The molecule has 0 spiro atoms. The summed E-state index contributed by atoms with van der Waals surface area (Å²) in [5.74, 6) is 1.87. The molecular weight excluding hydrogens is 336 g/mol. The molecule has 2 aromatic rings. The van der Waals surface area contributed by atoms with Gasteiger partial charge in [-0.3, -0.25) is 4.79 Å². The van der Waals surface area contributed by atoms with Crippen molar-refractivity contribution in [1.82, 2.24) is 5.43 Å². The fourth-order valence-electron chi connectivity index (χ4n) is 2.21. The Balaban J connectivity index is 1.97. The highest BCUT2D eigenvalue weighted by Crippen LogP contribution is 2.33. The third-order valence-corrected chi connectivity index (χ3v) is 3.49. The summed E-state index contributed by atoms with van der Waals surface area (Å²) in [4.78, 5) is 11.8. The molecular formula is C19H22N2O5. The summed E-state index contributed by atoms with van der Waals surface area (Å²) in [5.41, 5.74) is 4.10. The number of hydrogen-bond donors (Lipinski definition) is 1. The molecule has 0 unspecified atom stereocenters. The van der Waals surface area contributed by atoms with Crippen molar-refractivity contribution in [3.63, 3.8) is 0 Å². The molecule has 7 heteroatoms. The van der Waals surface area contributed by atoms with E-state index in [-0.39, 0.29) is 12.5 Å². The van der Waals surface area contributed by atoms with Crippen molar-refractivity contribution in [1.29, 1.82) is 0 Å². The number of methoxy groups -OCH3 is 3. The van der Waals surface area contributed by atoms with Crippen molar-refractivity contribution >= 4 is 12.1 Å². The molecule has 7 nitrogen and oxygen atoms in total. The average molecular weight is 358 g/mol. The monoisotopic (exact) mass is 358 g/mol. The summed E-state index contributed by atoms with van der Waals surface area (Å²) in [7, 11) is 4.61. The van der Waals surface area contributed by atoms with E-state index >= 15 is 0 Å². The number of ether oxygens (including phenoxy) is 4. The number of nitrogens with one attached hydrogen (secondary N) is 1. The Bertz CT molecular complexity index is 789. The summed E-state index contributed by atoms with van der Waals surface area (Å²) < 4.78 is 21.2. The van der Waals surface area contributed by atoms with Crippen molar-refractivity contribution in [3.8, 4) is 23.0 Å². The summed E-state index contributed by atoms with van der Waals surface area (Å²) in [6.45, 7) is 1.82. The fraction of sp³-hybridized carbons (Fsp3) is 0.263. The number of carbonyl (C=O) groups is 1. The number of carbonyl (C=O) groups excluding carboxylic acids is 1. The van der Waals surface area contributed by atoms with Crippen molar-refractivity contribution in [2.24, 2.45) is 5.10 Å². The second kappa shape index (κ2) is 9.31. The topological polar surface area (TPSA) is 78.4 Å². The predicted octanol–water partition coefficient (Wildman–Crippen LogP) is 2.55. The number of benzene rings is 2. The molecule has 0 saturated carbocycles. The van der Waals surface area contributed by atoms with Crippen molar-refractivity contribution < 1.29 is 23.7 Å². The number of hydrazone groups is 1. The molecule has 0 saturated heterocycles. The summed E-state index contributed by atoms with van der Waals surface area (Å²) in [6, 6.07) is 10.8. The van der Waals surface area contributed by atoms with Gasteiger partial charge in [0, 0.05) is 11.6 Å². The van der Waals surface area contributed by atoms with Crippen molar-refractivity contribution in [2.75, 3.05) is 27.9 Å². The third kappa shape index (κ3) is 5.14. The van der Waals surface area contributed by atoms with E-state index < -0.39 is 0 Å². The molecule has 0 heterocycles. The van der Waals surface area contributed by atoms with Crippen LogP contribution in [0.3, 0.4) is 0 Å². The molecule has 0 radical (unpaired) electrons. The molecule has 138 valence electrons. The molecule has 0 aliphatic rings. The smallest absolute Gasteiger partial charge is 0.277 e. The van der Waals surface area contributed by atoms with Crippen LogP contribution in [0, 0.1) is 6.92 Å². The molecule has 0 fully saturated rings. The molecule has 2 aromatic carbocycles. The van der Waals surface area contributed by atoms with E-state index in [1.165, 1.54) is 20.4 Å². The zero-order valence-electron chi connectivity index (χ0n) is 15.2. The predicted molar refractivity (Wildman–Crippen MR) is 98.5 cm³/mol. The summed E-state index contributed by atoms with van der Waals surface area (Å²) in [5, 5.41) is 3.93. The highest BCUT2D eigenvalue weighted by molar-refractivity contribution is 5.86. The Hall–Kier alpha value is -3.22. The Kier molecular flexibility index (Phi) is 6.84. The molecule has 26 heavy (non-hydrogen) atoms. The lowest BCUT2D eigenvalue weighted by atomic mass is 10.2. The largest absolute Gasteiger partial charge is 0.496 e. The first-order chi connectivity index (χ1) is 12.6. The minimum absolute atomic E-state index is 0.135. The van der Waals surface area contributed by atoms with Crippen LogP contribution in [-0.4, -0.2) is 40.1 Å². The van der Waals surface area contributed by atoms with Crippen LogP contribution in [0.4, 0.5) is 0 Å². The minimum atomic E-state index is -0.373. The van der Waals surface area contributed by atoms with E-state index in [4.69, 9.17) is 18.9 Å². The van der Waals surface area contributed by atoms with E-state index in [1.807, 2.05) is 25.1 Å². The molecule has 1 amide bonds. The van der Waals surface area contributed by atoms with Gasteiger partial charge in [0.2, 0.25) is 0 Å². The van der Waals surface area contributed by atoms with Crippen LogP contribution in [0.1, 0.15) is 11.1 Å². The first-order valence-corrected chi connectivity index (χ1v) is 7.88. The maximum atomic E-state index is 11.8. The van der Waals surface area contributed by atoms with Crippen LogP contribution in [0.5, 0.6) is 23.0 Å². The van der Waals surface area contributed by atoms with Gasteiger partial charge in [0.1, 0.15) is 11.5 Å². The van der Waals surface area contributed by atoms with Gasteiger partial charge in [-0.15, -0.1) is 0 Å². The average Bonchev–Trinajstić information content (AvgIpc) is 2.66. The van der Waals surface area contributed by atoms with E-state index in [0.29, 0.717) is 28.6 Å². The van der Waals surface area contributed by atoms with Crippen LogP contribution < -0.4 is 24.4 Å². The van der Waals surface area contributed by atoms with Crippen LogP contribution in [-0.2, 0) is 4.79 Å². The second-order valence-corrected chi connectivity index (χ2v) is 5.35. The third-order valence-electron chi connectivity index (χ3n) is 3.49. The molecule has 0 atom stereocenters. The normalized spacial score (nSPS) is 10.5. The van der Waals surface area contributed by atoms with Gasteiger partial charge < -0.3 is 18.9 Å². The van der Waals surface area contributed by atoms with Gasteiger partial charge in [0.15, 0.2) is 18.1 Å². The second-order valence-electron chi connectivity index (χ2n) is 5.35. The van der Waals surface area contributed by atoms with Gasteiger partial charge in [0.25, 0.3) is 5.91 Å². The van der Waals surface area contributed by atoms with Gasteiger partial charge in [-0.25, -0.2) is 5.43 Å². The van der Waals surface area contributed by atoms with Crippen LogP contribution in [0.2, 0.25) is 0 Å². The first-order valence-electron chi connectivity index (χ1n) is 7.88. The minimum Gasteiger partial charge on any atom is -0.496 e. The lowest BCUT2D eigenvalue weighted by Crippen LogP contribution is -2.24. The number of aryl methyl sites for hydroxylation is 1. The SMILES string of the molecule is COc1cc(OC)c(OC)cc1C=NNC(=O)COc1cccc(C)c1. The van der Waals surface area contributed by atoms with Crippen molar-refractivity contribution in [3.05, 3.63) is 47.5 Å². The molecule has 0 bridgehead atoms. The first kappa shape index (κ1) is 19.1. The zero-order valence-corrected chi connectivity index (χ0v) is 15.2. The lowest BCUT2D eigenvalue weighted by Gasteiger charge is -2.11. The Morgan fingerprint density at radius 1 is 1.04 bits per heavy atom. The number of hydrogen-bond acceptors (Lipinski definition) is 6. The zero-order chi connectivity index (χ0) is 18.9. The van der Waals surface area contributed by atoms with Crippen LogP contribution in [0.25, 0.3) is 0 Å². The molecule has 2 rings (SSSR count). The number of amides is 1.